The van der Waals surface area contributed by atoms with Gasteiger partial charge in [0.1, 0.15) is 12.3 Å². The Bertz CT molecular complexity index is 1040. The van der Waals surface area contributed by atoms with Crippen molar-refractivity contribution in [2.75, 3.05) is 44.9 Å². The van der Waals surface area contributed by atoms with Crippen LogP contribution in [0.25, 0.3) is 0 Å². The van der Waals surface area contributed by atoms with E-state index in [0.29, 0.717) is 23.5 Å². The monoisotopic (exact) mass is 543 g/mol. The van der Waals surface area contributed by atoms with Crippen LogP contribution in [-0.2, 0) is 23.8 Å². The van der Waals surface area contributed by atoms with Crippen molar-refractivity contribution in [3.05, 3.63) is 58.7 Å². The Hall–Kier alpha value is -3.55. The number of methoxy groups -OCH3 is 1. The Morgan fingerprint density at radius 2 is 1.46 bits per heavy atom. The molecule has 39 heavy (non-hydrogen) atoms. The highest BCUT2D eigenvalue weighted by Crippen LogP contribution is 2.30. The summed E-state index contributed by atoms with van der Waals surface area (Å²) in [5.41, 5.74) is 4.62. The SMILES string of the molecule is CCOC(=O)COc1ccc(C(=O)OC)cc1N(C/C=C(\C)CC/C=C(\C)CCC=C(C)C)CC(=O)OCC. The van der Waals surface area contributed by atoms with Crippen LogP contribution < -0.4 is 9.64 Å². The van der Waals surface area contributed by atoms with Gasteiger partial charge in [-0.25, -0.2) is 9.59 Å². The van der Waals surface area contributed by atoms with Gasteiger partial charge < -0.3 is 23.8 Å². The molecule has 0 aromatic heterocycles. The maximum atomic E-state index is 12.5. The highest BCUT2D eigenvalue weighted by Gasteiger charge is 2.20. The standard InChI is InChI=1S/C31H45NO7/c1-8-37-29(33)21-32(19-18-25(6)15-11-14-24(5)13-10-12-23(3)4)27-20-26(31(35)36-7)16-17-28(27)39-22-30(34)38-9-2/h12,14,16-18,20H,8-11,13,15,19,21-22H2,1-7H3/b24-14+,25-18+. The zero-order chi connectivity index (χ0) is 29.2. The molecule has 0 bridgehead atoms. The van der Waals surface area contributed by atoms with Crippen LogP contribution in [0.2, 0.25) is 0 Å². The van der Waals surface area contributed by atoms with Gasteiger partial charge in [0, 0.05) is 6.54 Å². The van der Waals surface area contributed by atoms with E-state index in [-0.39, 0.29) is 26.4 Å². The number of esters is 3. The average molecular weight is 544 g/mol. The van der Waals surface area contributed by atoms with Gasteiger partial charge in [-0.05, 0) is 85.4 Å². The molecule has 0 saturated heterocycles. The maximum absolute atomic E-state index is 12.5. The molecule has 0 aliphatic carbocycles. The summed E-state index contributed by atoms with van der Waals surface area (Å²) in [7, 11) is 1.30. The van der Waals surface area contributed by atoms with Gasteiger partial charge >= 0.3 is 17.9 Å². The summed E-state index contributed by atoms with van der Waals surface area (Å²) in [5, 5.41) is 0. The smallest absolute Gasteiger partial charge is 0.344 e. The molecule has 0 radical (unpaired) electrons. The number of carbonyl (C=O) groups is 3. The Kier molecular flexibility index (Phi) is 16.0. The first-order chi connectivity index (χ1) is 18.6. The van der Waals surface area contributed by atoms with Crippen LogP contribution in [0.3, 0.4) is 0 Å². The van der Waals surface area contributed by atoms with E-state index in [9.17, 15) is 14.4 Å². The van der Waals surface area contributed by atoms with Crippen LogP contribution in [-0.4, -0.2) is 57.9 Å². The number of allylic oxidation sites excluding steroid dienone is 5. The molecule has 8 nitrogen and oxygen atoms in total. The summed E-state index contributed by atoms with van der Waals surface area (Å²) >= 11 is 0. The van der Waals surface area contributed by atoms with Gasteiger partial charge in [-0.1, -0.05) is 34.9 Å². The van der Waals surface area contributed by atoms with Crippen LogP contribution >= 0.6 is 0 Å². The third-order valence-corrected chi connectivity index (χ3v) is 5.78. The van der Waals surface area contributed by atoms with E-state index in [1.165, 1.54) is 18.3 Å². The number of ether oxygens (including phenoxy) is 4. The molecule has 0 fully saturated rings. The second-order valence-corrected chi connectivity index (χ2v) is 9.41. The number of hydrogen-bond donors (Lipinski definition) is 0. The van der Waals surface area contributed by atoms with Crippen LogP contribution in [0.4, 0.5) is 5.69 Å². The van der Waals surface area contributed by atoms with E-state index in [1.54, 1.807) is 36.9 Å². The van der Waals surface area contributed by atoms with Crippen molar-refractivity contribution in [3.63, 3.8) is 0 Å². The van der Waals surface area contributed by atoms with E-state index in [0.717, 1.165) is 31.3 Å². The van der Waals surface area contributed by atoms with E-state index in [2.05, 4.69) is 39.8 Å². The minimum absolute atomic E-state index is 0.0681. The summed E-state index contributed by atoms with van der Waals surface area (Å²) in [6, 6.07) is 4.72. The van der Waals surface area contributed by atoms with Gasteiger partial charge in [-0.3, -0.25) is 4.79 Å². The van der Waals surface area contributed by atoms with Crippen molar-refractivity contribution in [1.29, 1.82) is 0 Å². The third kappa shape index (κ3) is 13.7. The number of rotatable bonds is 17. The van der Waals surface area contributed by atoms with E-state index in [1.807, 2.05) is 6.08 Å². The molecule has 0 heterocycles. The van der Waals surface area contributed by atoms with Crippen LogP contribution in [0.15, 0.2) is 53.1 Å². The molecule has 216 valence electrons. The zero-order valence-corrected chi connectivity index (χ0v) is 24.6. The number of benzene rings is 1. The predicted octanol–water partition coefficient (Wildman–Crippen LogP) is 6.20. The highest BCUT2D eigenvalue weighted by atomic mass is 16.6. The lowest BCUT2D eigenvalue weighted by molar-refractivity contribution is -0.145. The molecule has 0 aliphatic rings. The van der Waals surface area contributed by atoms with Crippen LogP contribution in [0, 0.1) is 0 Å². The molecule has 0 spiro atoms. The fraction of sp³-hybridized carbons (Fsp3) is 0.516. The molecular weight excluding hydrogens is 498 g/mol. The Labute approximate surface area is 233 Å². The second kappa shape index (κ2) is 18.7. The molecule has 1 aromatic carbocycles. The summed E-state index contributed by atoms with van der Waals surface area (Å²) in [5.74, 6) is -1.13. The fourth-order valence-electron chi connectivity index (χ4n) is 3.69. The second-order valence-electron chi connectivity index (χ2n) is 9.41. The molecule has 0 unspecified atom stereocenters. The maximum Gasteiger partial charge on any atom is 0.344 e. The van der Waals surface area contributed by atoms with Crippen LogP contribution in [0.5, 0.6) is 5.75 Å². The quantitative estimate of drug-likeness (QED) is 0.130. The summed E-state index contributed by atoms with van der Waals surface area (Å²) < 4.78 is 20.8. The molecular formula is C31H45NO7. The van der Waals surface area contributed by atoms with Gasteiger partial charge in [0.25, 0.3) is 0 Å². The van der Waals surface area contributed by atoms with Crippen molar-refractivity contribution in [2.24, 2.45) is 0 Å². The lowest BCUT2D eigenvalue weighted by Crippen LogP contribution is -2.32. The molecule has 0 atom stereocenters. The normalized spacial score (nSPS) is 11.5. The predicted molar refractivity (Wildman–Crippen MR) is 154 cm³/mol. The zero-order valence-electron chi connectivity index (χ0n) is 24.6. The lowest BCUT2D eigenvalue weighted by Gasteiger charge is -2.25. The number of nitrogens with zero attached hydrogens (tertiary/aromatic N) is 1. The van der Waals surface area contributed by atoms with Crippen molar-refractivity contribution >= 4 is 23.6 Å². The Morgan fingerprint density at radius 1 is 0.846 bits per heavy atom. The van der Waals surface area contributed by atoms with Gasteiger partial charge in [0.05, 0.1) is 31.6 Å². The van der Waals surface area contributed by atoms with Crippen molar-refractivity contribution in [2.45, 2.75) is 67.2 Å². The topological polar surface area (TPSA) is 91.4 Å². The van der Waals surface area contributed by atoms with Gasteiger partial charge in [0.2, 0.25) is 0 Å². The third-order valence-electron chi connectivity index (χ3n) is 5.78. The minimum Gasteiger partial charge on any atom is -0.480 e. The molecule has 0 saturated carbocycles. The molecule has 0 aliphatic heterocycles. The molecule has 0 N–H and O–H groups in total. The first kappa shape index (κ1) is 33.5. The van der Waals surface area contributed by atoms with E-state index < -0.39 is 17.9 Å². The van der Waals surface area contributed by atoms with Gasteiger partial charge in [0.15, 0.2) is 6.61 Å². The summed E-state index contributed by atoms with van der Waals surface area (Å²) in [4.78, 5) is 38.4. The van der Waals surface area contributed by atoms with E-state index >= 15 is 0 Å². The van der Waals surface area contributed by atoms with Crippen molar-refractivity contribution in [1.82, 2.24) is 0 Å². The minimum atomic E-state index is -0.525. The van der Waals surface area contributed by atoms with Crippen molar-refractivity contribution in [3.8, 4) is 5.75 Å². The van der Waals surface area contributed by atoms with E-state index in [4.69, 9.17) is 18.9 Å². The van der Waals surface area contributed by atoms with Crippen molar-refractivity contribution < 1.29 is 33.3 Å². The number of carbonyl (C=O) groups excluding carboxylic acids is 3. The number of hydrogen-bond acceptors (Lipinski definition) is 8. The first-order valence-electron chi connectivity index (χ1n) is 13.5. The molecule has 1 aromatic rings. The summed E-state index contributed by atoms with van der Waals surface area (Å²) in [6.07, 6.45) is 10.5. The first-order valence-corrected chi connectivity index (χ1v) is 13.5. The number of anilines is 1. The average Bonchev–Trinajstić information content (AvgIpc) is 2.89. The van der Waals surface area contributed by atoms with Gasteiger partial charge in [-0.15, -0.1) is 0 Å². The Balaban J connectivity index is 3.16. The largest absolute Gasteiger partial charge is 0.480 e. The highest BCUT2D eigenvalue weighted by molar-refractivity contribution is 5.91. The Morgan fingerprint density at radius 3 is 2.08 bits per heavy atom. The van der Waals surface area contributed by atoms with Crippen LogP contribution in [0.1, 0.15) is 77.6 Å². The molecule has 0 amide bonds. The van der Waals surface area contributed by atoms with Gasteiger partial charge in [-0.2, -0.15) is 0 Å². The molecule has 8 heteroatoms. The lowest BCUT2D eigenvalue weighted by atomic mass is 10.1. The summed E-state index contributed by atoms with van der Waals surface area (Å²) in [6.45, 7) is 12.4. The fourth-order valence-corrected chi connectivity index (χ4v) is 3.69. The molecule has 1 rings (SSSR count).